The fourth-order valence-corrected chi connectivity index (χ4v) is 2.08. The first-order chi connectivity index (χ1) is 7.52. The minimum absolute atomic E-state index is 0.0757. The van der Waals surface area contributed by atoms with Crippen LogP contribution >= 0.6 is 0 Å². The summed E-state index contributed by atoms with van der Waals surface area (Å²) in [5.41, 5.74) is 23.3. The summed E-state index contributed by atoms with van der Waals surface area (Å²) < 4.78 is 0. The molecule has 8 N–H and O–H groups in total. The highest BCUT2D eigenvalue weighted by atomic mass is 14.8. The van der Waals surface area contributed by atoms with Gasteiger partial charge in [-0.15, -0.1) is 0 Å². The molecule has 4 nitrogen and oxygen atoms in total. The third kappa shape index (κ3) is 6.43. The average molecular weight is 230 g/mol. The van der Waals surface area contributed by atoms with Gasteiger partial charge < -0.3 is 22.9 Å². The van der Waals surface area contributed by atoms with Gasteiger partial charge in [0.1, 0.15) is 0 Å². The Morgan fingerprint density at radius 2 is 1.56 bits per heavy atom. The van der Waals surface area contributed by atoms with Gasteiger partial charge in [0, 0.05) is 12.1 Å². The number of rotatable bonds is 9. The topological polar surface area (TPSA) is 104 Å². The van der Waals surface area contributed by atoms with E-state index in [-0.39, 0.29) is 12.1 Å². The second-order valence-corrected chi connectivity index (χ2v) is 5.07. The monoisotopic (exact) mass is 230 g/mol. The van der Waals surface area contributed by atoms with Crippen LogP contribution in [-0.4, -0.2) is 25.2 Å². The lowest BCUT2D eigenvalue weighted by Crippen LogP contribution is -2.46. The first-order valence-corrected chi connectivity index (χ1v) is 6.44. The van der Waals surface area contributed by atoms with Crippen molar-refractivity contribution in [1.29, 1.82) is 0 Å². The van der Waals surface area contributed by atoms with E-state index in [9.17, 15) is 0 Å². The fraction of sp³-hybridized carbons (Fsp3) is 1.00. The summed E-state index contributed by atoms with van der Waals surface area (Å²) in [5, 5.41) is 0. The van der Waals surface area contributed by atoms with Crippen LogP contribution in [0.15, 0.2) is 0 Å². The number of hydrogen-bond acceptors (Lipinski definition) is 4. The first-order valence-electron chi connectivity index (χ1n) is 6.44. The first kappa shape index (κ1) is 15.8. The molecule has 0 radical (unpaired) electrons. The van der Waals surface area contributed by atoms with E-state index in [1.54, 1.807) is 0 Å². The van der Waals surface area contributed by atoms with Crippen molar-refractivity contribution in [1.82, 2.24) is 0 Å². The largest absolute Gasteiger partial charge is 0.330 e. The molecule has 98 valence electrons. The molecule has 0 bridgehead atoms. The van der Waals surface area contributed by atoms with Crippen molar-refractivity contribution in [3.8, 4) is 0 Å². The molecule has 0 fully saturated rings. The van der Waals surface area contributed by atoms with Crippen LogP contribution in [0.4, 0.5) is 0 Å². The molecule has 0 aromatic carbocycles. The summed E-state index contributed by atoms with van der Waals surface area (Å²) in [5.74, 6) is 1.01. The Labute approximate surface area is 100 Å². The summed E-state index contributed by atoms with van der Waals surface area (Å²) in [4.78, 5) is 0. The molecular formula is C12H30N4. The third-order valence-electron chi connectivity index (χ3n) is 3.35. The molecule has 0 aliphatic carbocycles. The normalized spacial score (nSPS) is 19.1. The van der Waals surface area contributed by atoms with Crippen LogP contribution in [0.25, 0.3) is 0 Å². The lowest BCUT2D eigenvalue weighted by molar-refractivity contribution is 0.321. The van der Waals surface area contributed by atoms with E-state index < -0.39 is 0 Å². The number of hydrogen-bond donors (Lipinski definition) is 4. The Hall–Kier alpha value is -0.160. The van der Waals surface area contributed by atoms with Gasteiger partial charge in [0.2, 0.25) is 0 Å². The van der Waals surface area contributed by atoms with Gasteiger partial charge in [-0.1, -0.05) is 13.8 Å². The maximum absolute atomic E-state index is 6.15. The molecule has 0 aliphatic rings. The van der Waals surface area contributed by atoms with E-state index in [2.05, 4.69) is 13.8 Å². The minimum atomic E-state index is 0.0757. The molecule has 4 unspecified atom stereocenters. The molecule has 0 spiro atoms. The van der Waals surface area contributed by atoms with Crippen molar-refractivity contribution in [3.63, 3.8) is 0 Å². The molecule has 16 heavy (non-hydrogen) atoms. The zero-order valence-electron chi connectivity index (χ0n) is 10.9. The van der Waals surface area contributed by atoms with Crippen molar-refractivity contribution < 1.29 is 0 Å². The van der Waals surface area contributed by atoms with Gasteiger partial charge in [-0.2, -0.15) is 0 Å². The molecule has 4 heteroatoms. The highest BCUT2D eigenvalue weighted by Gasteiger charge is 2.21. The highest BCUT2D eigenvalue weighted by molar-refractivity contribution is 4.82. The van der Waals surface area contributed by atoms with Crippen LogP contribution < -0.4 is 22.9 Å². The van der Waals surface area contributed by atoms with E-state index in [0.717, 1.165) is 38.8 Å². The molecular weight excluding hydrogens is 200 g/mol. The van der Waals surface area contributed by atoms with Crippen LogP contribution in [0.2, 0.25) is 0 Å². The van der Waals surface area contributed by atoms with Crippen LogP contribution in [-0.2, 0) is 0 Å². The third-order valence-corrected chi connectivity index (χ3v) is 3.35. The van der Waals surface area contributed by atoms with Crippen molar-refractivity contribution in [2.75, 3.05) is 13.1 Å². The van der Waals surface area contributed by atoms with Gasteiger partial charge in [-0.05, 0) is 50.6 Å². The van der Waals surface area contributed by atoms with E-state index in [4.69, 9.17) is 22.9 Å². The summed E-state index contributed by atoms with van der Waals surface area (Å²) in [7, 11) is 0. The molecule has 0 aromatic heterocycles. The Bertz CT molecular complexity index is 163. The number of nitrogens with two attached hydrogens (primary N) is 4. The van der Waals surface area contributed by atoms with Gasteiger partial charge in [-0.25, -0.2) is 0 Å². The summed E-state index contributed by atoms with van der Waals surface area (Å²) in [6.07, 6.45) is 4.08. The average Bonchev–Trinajstić information content (AvgIpc) is 2.24. The summed E-state index contributed by atoms with van der Waals surface area (Å²) in [6.45, 7) is 5.81. The Morgan fingerprint density at radius 3 is 2.06 bits per heavy atom. The van der Waals surface area contributed by atoms with Crippen LogP contribution in [0.3, 0.4) is 0 Å². The van der Waals surface area contributed by atoms with E-state index >= 15 is 0 Å². The van der Waals surface area contributed by atoms with Crippen LogP contribution in [0, 0.1) is 11.8 Å². The zero-order chi connectivity index (χ0) is 12.6. The predicted molar refractivity (Wildman–Crippen MR) is 70.9 cm³/mol. The van der Waals surface area contributed by atoms with E-state index in [0.29, 0.717) is 11.8 Å². The highest BCUT2D eigenvalue weighted by Crippen LogP contribution is 2.16. The van der Waals surface area contributed by atoms with E-state index in [1.165, 1.54) is 0 Å². The summed E-state index contributed by atoms with van der Waals surface area (Å²) in [6, 6.07) is 0.154. The molecule has 0 heterocycles. The molecule has 0 saturated carbocycles. The Kier molecular flexibility index (Phi) is 8.84. The van der Waals surface area contributed by atoms with Gasteiger partial charge in [0.05, 0.1) is 0 Å². The van der Waals surface area contributed by atoms with Crippen LogP contribution in [0.5, 0.6) is 0 Å². The fourth-order valence-electron chi connectivity index (χ4n) is 2.08. The quantitative estimate of drug-likeness (QED) is 0.460. The van der Waals surface area contributed by atoms with Gasteiger partial charge in [0.15, 0.2) is 0 Å². The second kappa shape index (κ2) is 8.93. The molecule has 0 amide bonds. The maximum atomic E-state index is 6.15. The zero-order valence-corrected chi connectivity index (χ0v) is 10.9. The van der Waals surface area contributed by atoms with Gasteiger partial charge in [0.25, 0.3) is 0 Å². The van der Waals surface area contributed by atoms with Crippen molar-refractivity contribution in [2.45, 2.75) is 51.6 Å². The second-order valence-electron chi connectivity index (χ2n) is 5.07. The SMILES string of the molecule is CC(CCN)CC(N)C(N)C(C)CCCN. The van der Waals surface area contributed by atoms with Crippen molar-refractivity contribution >= 4 is 0 Å². The molecule has 4 atom stereocenters. The molecule has 0 aromatic rings. The Morgan fingerprint density at radius 1 is 0.938 bits per heavy atom. The lowest BCUT2D eigenvalue weighted by atomic mass is 9.87. The summed E-state index contributed by atoms with van der Waals surface area (Å²) >= 11 is 0. The molecule has 0 aliphatic heterocycles. The standard InChI is InChI=1S/C12H30N4/c1-9(5-7-14)8-11(15)12(16)10(2)4-3-6-13/h9-12H,3-8,13-16H2,1-2H3. The van der Waals surface area contributed by atoms with Crippen molar-refractivity contribution in [2.24, 2.45) is 34.8 Å². The minimum Gasteiger partial charge on any atom is -0.330 e. The lowest BCUT2D eigenvalue weighted by Gasteiger charge is -2.27. The Balaban J connectivity index is 3.91. The van der Waals surface area contributed by atoms with Crippen LogP contribution in [0.1, 0.15) is 39.5 Å². The molecule has 0 rings (SSSR count). The molecule has 0 saturated heterocycles. The van der Waals surface area contributed by atoms with Crippen molar-refractivity contribution in [3.05, 3.63) is 0 Å². The maximum Gasteiger partial charge on any atom is 0.0218 e. The van der Waals surface area contributed by atoms with E-state index in [1.807, 2.05) is 0 Å². The van der Waals surface area contributed by atoms with Gasteiger partial charge >= 0.3 is 0 Å². The smallest absolute Gasteiger partial charge is 0.0218 e. The van der Waals surface area contributed by atoms with Gasteiger partial charge in [-0.3, -0.25) is 0 Å². The predicted octanol–water partition coefficient (Wildman–Crippen LogP) is 0.391.